The van der Waals surface area contributed by atoms with Crippen LogP contribution in [0.1, 0.15) is 36.5 Å². The van der Waals surface area contributed by atoms with Crippen molar-refractivity contribution in [3.8, 4) is 0 Å². The minimum absolute atomic E-state index is 0.0262. The summed E-state index contributed by atoms with van der Waals surface area (Å²) in [5, 5.41) is 5.38. The molecule has 0 bridgehead atoms. The molecule has 0 aromatic heterocycles. The first-order valence-electron chi connectivity index (χ1n) is 10.3. The Morgan fingerprint density at radius 1 is 1.06 bits per heavy atom. The molecule has 2 amide bonds. The molecule has 1 atom stereocenters. The van der Waals surface area contributed by atoms with Gasteiger partial charge in [-0.15, -0.1) is 0 Å². The van der Waals surface area contributed by atoms with Gasteiger partial charge < -0.3 is 15.5 Å². The SMILES string of the molecule is CC(CC(=O)Nc1cccc(N2CCCC2)c1)NC(=O)c1ccc(S(=O)(=O)C(F)(F)F)cc1. The van der Waals surface area contributed by atoms with Crippen LogP contribution in [0.4, 0.5) is 24.5 Å². The lowest BCUT2D eigenvalue weighted by atomic mass is 10.1. The molecule has 2 N–H and O–H groups in total. The monoisotopic (exact) mass is 483 g/mol. The number of nitrogens with one attached hydrogen (secondary N) is 2. The summed E-state index contributed by atoms with van der Waals surface area (Å²) in [6, 6.07) is 10.4. The van der Waals surface area contributed by atoms with Crippen LogP contribution in [0.25, 0.3) is 0 Å². The summed E-state index contributed by atoms with van der Waals surface area (Å²) in [4.78, 5) is 26.0. The molecule has 1 heterocycles. The van der Waals surface area contributed by atoms with Crippen molar-refractivity contribution in [2.24, 2.45) is 0 Å². The van der Waals surface area contributed by atoms with E-state index >= 15 is 0 Å². The number of benzene rings is 2. The zero-order valence-electron chi connectivity index (χ0n) is 17.9. The van der Waals surface area contributed by atoms with Gasteiger partial charge in [0.1, 0.15) is 0 Å². The van der Waals surface area contributed by atoms with E-state index in [9.17, 15) is 31.2 Å². The second-order valence-corrected chi connectivity index (χ2v) is 9.79. The van der Waals surface area contributed by atoms with Crippen molar-refractivity contribution in [3.63, 3.8) is 0 Å². The number of halogens is 3. The van der Waals surface area contributed by atoms with Gasteiger partial charge in [-0.1, -0.05) is 6.07 Å². The highest BCUT2D eigenvalue weighted by Crippen LogP contribution is 2.30. The average molecular weight is 484 g/mol. The number of nitrogens with zero attached hydrogens (tertiary/aromatic N) is 1. The van der Waals surface area contributed by atoms with Gasteiger partial charge >= 0.3 is 5.51 Å². The van der Waals surface area contributed by atoms with Crippen molar-refractivity contribution >= 4 is 33.0 Å². The Labute approximate surface area is 189 Å². The first-order chi connectivity index (χ1) is 15.5. The van der Waals surface area contributed by atoms with Crippen LogP contribution in [-0.2, 0) is 14.6 Å². The number of rotatable bonds is 7. The number of sulfone groups is 1. The summed E-state index contributed by atoms with van der Waals surface area (Å²) in [6.45, 7) is 3.56. The van der Waals surface area contributed by atoms with Crippen LogP contribution in [0, 0.1) is 0 Å². The maximum atomic E-state index is 12.6. The van der Waals surface area contributed by atoms with Crippen LogP contribution < -0.4 is 15.5 Å². The highest BCUT2D eigenvalue weighted by molar-refractivity contribution is 7.92. The molecular weight excluding hydrogens is 459 g/mol. The fourth-order valence-corrected chi connectivity index (χ4v) is 4.28. The highest BCUT2D eigenvalue weighted by atomic mass is 32.2. The second-order valence-electron chi connectivity index (χ2n) is 7.84. The summed E-state index contributed by atoms with van der Waals surface area (Å²) in [7, 11) is -5.48. The van der Waals surface area contributed by atoms with E-state index < -0.39 is 32.2 Å². The normalized spacial score (nSPS) is 15.2. The smallest absolute Gasteiger partial charge is 0.371 e. The summed E-state index contributed by atoms with van der Waals surface area (Å²) >= 11 is 0. The van der Waals surface area contributed by atoms with Crippen LogP contribution in [0.3, 0.4) is 0 Å². The number of carbonyl (C=O) groups is 2. The van der Waals surface area contributed by atoms with Crippen molar-refractivity contribution in [1.29, 1.82) is 0 Å². The van der Waals surface area contributed by atoms with Gasteiger partial charge in [0.2, 0.25) is 5.91 Å². The number of amides is 2. The molecule has 0 spiro atoms. The number of hydrogen-bond acceptors (Lipinski definition) is 5. The molecular formula is C22H24F3N3O4S. The van der Waals surface area contributed by atoms with E-state index in [-0.39, 0.29) is 17.9 Å². The predicted octanol–water partition coefficient (Wildman–Crippen LogP) is 3.73. The van der Waals surface area contributed by atoms with Gasteiger partial charge in [-0.2, -0.15) is 13.2 Å². The largest absolute Gasteiger partial charge is 0.501 e. The number of hydrogen-bond donors (Lipinski definition) is 2. The maximum Gasteiger partial charge on any atom is 0.501 e. The topological polar surface area (TPSA) is 95.6 Å². The molecule has 0 aliphatic carbocycles. The van der Waals surface area contributed by atoms with Gasteiger partial charge in [-0.3, -0.25) is 9.59 Å². The minimum Gasteiger partial charge on any atom is -0.371 e. The standard InChI is InChI=1S/C22H24F3N3O4S/c1-15(13-20(29)27-17-5-4-6-18(14-17)28-11-2-3-12-28)26-21(30)16-7-9-19(10-8-16)33(31,32)22(23,24)25/h4-10,14-15H,2-3,11-13H2,1H3,(H,26,30)(H,27,29). The van der Waals surface area contributed by atoms with E-state index in [2.05, 4.69) is 15.5 Å². The lowest BCUT2D eigenvalue weighted by Gasteiger charge is -2.19. The van der Waals surface area contributed by atoms with Crippen molar-refractivity contribution in [1.82, 2.24) is 5.32 Å². The quantitative estimate of drug-likeness (QED) is 0.626. The van der Waals surface area contributed by atoms with E-state index in [1.54, 1.807) is 13.0 Å². The third kappa shape index (κ3) is 6.04. The molecule has 1 saturated heterocycles. The minimum atomic E-state index is -5.48. The molecule has 11 heteroatoms. The summed E-state index contributed by atoms with van der Waals surface area (Å²) in [5.74, 6) is -0.949. The lowest BCUT2D eigenvalue weighted by molar-refractivity contribution is -0.116. The van der Waals surface area contributed by atoms with Gasteiger partial charge in [0.05, 0.1) is 4.90 Å². The zero-order chi connectivity index (χ0) is 24.2. The molecule has 3 rings (SSSR count). The van der Waals surface area contributed by atoms with Gasteiger partial charge in [-0.05, 0) is 62.2 Å². The van der Waals surface area contributed by atoms with Gasteiger partial charge in [0.15, 0.2) is 0 Å². The van der Waals surface area contributed by atoms with Crippen LogP contribution in [0.2, 0.25) is 0 Å². The molecule has 0 radical (unpaired) electrons. The maximum absolute atomic E-state index is 12.6. The lowest BCUT2D eigenvalue weighted by Crippen LogP contribution is -2.35. The Bertz CT molecular complexity index is 1110. The van der Waals surface area contributed by atoms with Crippen molar-refractivity contribution in [3.05, 3.63) is 54.1 Å². The Kier molecular flexibility index (Phi) is 7.31. The zero-order valence-corrected chi connectivity index (χ0v) is 18.7. The van der Waals surface area contributed by atoms with E-state index in [1.807, 2.05) is 18.2 Å². The molecule has 1 fully saturated rings. The van der Waals surface area contributed by atoms with Crippen molar-refractivity contribution in [2.45, 2.75) is 42.6 Å². The predicted molar refractivity (Wildman–Crippen MR) is 118 cm³/mol. The second kappa shape index (κ2) is 9.82. The third-order valence-corrected chi connectivity index (χ3v) is 6.70. The summed E-state index contributed by atoms with van der Waals surface area (Å²) < 4.78 is 60.7. The molecule has 1 unspecified atom stereocenters. The molecule has 0 saturated carbocycles. The summed E-state index contributed by atoms with van der Waals surface area (Å²) in [6.07, 6.45) is 2.24. The van der Waals surface area contributed by atoms with Crippen LogP contribution in [0.15, 0.2) is 53.4 Å². The average Bonchev–Trinajstić information content (AvgIpc) is 3.28. The van der Waals surface area contributed by atoms with Gasteiger partial charge in [0.25, 0.3) is 15.7 Å². The molecule has 33 heavy (non-hydrogen) atoms. The van der Waals surface area contributed by atoms with E-state index in [1.165, 1.54) is 0 Å². The number of alkyl halides is 3. The molecule has 2 aromatic rings. The molecule has 1 aliphatic rings. The molecule has 1 aliphatic heterocycles. The van der Waals surface area contributed by atoms with Crippen LogP contribution in [0.5, 0.6) is 0 Å². The third-order valence-electron chi connectivity index (χ3n) is 5.20. The Balaban J connectivity index is 1.55. The van der Waals surface area contributed by atoms with Gasteiger partial charge in [-0.25, -0.2) is 8.42 Å². The van der Waals surface area contributed by atoms with Crippen molar-refractivity contribution < 1.29 is 31.2 Å². The molecule has 178 valence electrons. The Hall–Kier alpha value is -3.08. The van der Waals surface area contributed by atoms with Gasteiger partial charge in [0, 0.05) is 42.5 Å². The van der Waals surface area contributed by atoms with E-state index in [0.717, 1.165) is 55.9 Å². The Morgan fingerprint density at radius 2 is 1.70 bits per heavy atom. The van der Waals surface area contributed by atoms with Crippen LogP contribution in [-0.4, -0.2) is 44.9 Å². The molecule has 2 aromatic carbocycles. The Morgan fingerprint density at radius 3 is 2.30 bits per heavy atom. The highest BCUT2D eigenvalue weighted by Gasteiger charge is 2.46. The molecule has 7 nitrogen and oxygen atoms in total. The fourth-order valence-electron chi connectivity index (χ4n) is 3.52. The number of carbonyl (C=O) groups excluding carboxylic acids is 2. The summed E-state index contributed by atoms with van der Waals surface area (Å²) in [5.41, 5.74) is -3.78. The first kappa shape index (κ1) is 24.6. The van der Waals surface area contributed by atoms with Crippen LogP contribution >= 0.6 is 0 Å². The number of anilines is 2. The van der Waals surface area contributed by atoms with E-state index in [0.29, 0.717) is 5.69 Å². The first-order valence-corrected chi connectivity index (χ1v) is 11.8. The van der Waals surface area contributed by atoms with Crippen molar-refractivity contribution in [2.75, 3.05) is 23.3 Å². The fraction of sp³-hybridized carbons (Fsp3) is 0.364. The van der Waals surface area contributed by atoms with E-state index in [4.69, 9.17) is 0 Å².